The van der Waals surface area contributed by atoms with E-state index in [0.29, 0.717) is 27.1 Å². The Labute approximate surface area is 197 Å². The highest BCUT2D eigenvalue weighted by atomic mass is 79.9. The summed E-state index contributed by atoms with van der Waals surface area (Å²) in [5, 5.41) is 13.1. The largest absolute Gasteiger partial charge is 0.507 e. The maximum atomic E-state index is 13.2. The number of likely N-dealkylation sites (tertiary alicyclic amines) is 1. The average molecular weight is 514 g/mol. The van der Waals surface area contributed by atoms with Crippen molar-refractivity contribution in [1.82, 2.24) is 4.90 Å². The first-order valence-corrected chi connectivity index (χ1v) is 11.4. The predicted octanol–water partition coefficient (Wildman–Crippen LogP) is 5.15. The second kappa shape index (κ2) is 9.18. The third kappa shape index (κ3) is 3.91. The number of benzene rings is 2. The fourth-order valence-electron chi connectivity index (χ4n) is 3.80. The minimum Gasteiger partial charge on any atom is -0.507 e. The zero-order chi connectivity index (χ0) is 22.8. The van der Waals surface area contributed by atoms with E-state index < -0.39 is 17.7 Å². The molecule has 1 saturated heterocycles. The third-order valence-electron chi connectivity index (χ3n) is 5.30. The van der Waals surface area contributed by atoms with Crippen LogP contribution >= 0.6 is 27.3 Å². The van der Waals surface area contributed by atoms with Gasteiger partial charge in [-0.05, 0) is 51.6 Å². The molecule has 4 rings (SSSR count). The number of para-hydroxylation sites is 1. The van der Waals surface area contributed by atoms with Gasteiger partial charge < -0.3 is 19.5 Å². The van der Waals surface area contributed by atoms with E-state index in [1.807, 2.05) is 29.6 Å². The lowest BCUT2D eigenvalue weighted by Crippen LogP contribution is -2.29. The molecule has 164 valence electrons. The summed E-state index contributed by atoms with van der Waals surface area (Å²) in [5.41, 5.74) is 1.04. The number of methoxy groups -OCH3 is 2. The molecule has 0 aliphatic carbocycles. The molecule has 2 heterocycles. The molecular weight excluding hydrogens is 494 g/mol. The number of halogens is 1. The quantitative estimate of drug-likeness (QED) is 0.280. The van der Waals surface area contributed by atoms with Crippen molar-refractivity contribution in [1.29, 1.82) is 0 Å². The van der Waals surface area contributed by atoms with Gasteiger partial charge in [0.2, 0.25) is 0 Å². The lowest BCUT2D eigenvalue weighted by atomic mass is 9.94. The lowest BCUT2D eigenvalue weighted by Gasteiger charge is -2.26. The van der Waals surface area contributed by atoms with E-state index in [1.54, 1.807) is 30.3 Å². The Bertz CT molecular complexity index is 1200. The summed E-state index contributed by atoms with van der Waals surface area (Å²) < 4.78 is 11.4. The summed E-state index contributed by atoms with van der Waals surface area (Å²) >= 11 is 4.90. The normalized spacial score (nSPS) is 17.6. The molecule has 0 spiro atoms. The number of aliphatic hydroxyl groups excluding tert-OH is 1. The second-order valence-electron chi connectivity index (χ2n) is 7.10. The van der Waals surface area contributed by atoms with Crippen LogP contribution in [0.4, 0.5) is 0 Å². The number of hydrogen-bond donors (Lipinski definition) is 1. The molecule has 0 bridgehead atoms. The van der Waals surface area contributed by atoms with Gasteiger partial charge >= 0.3 is 0 Å². The number of thiophene rings is 1. The number of rotatable bonds is 6. The first kappa shape index (κ1) is 22.1. The second-order valence-corrected chi connectivity index (χ2v) is 8.98. The summed E-state index contributed by atoms with van der Waals surface area (Å²) in [5.74, 6) is -0.542. The highest BCUT2D eigenvalue weighted by molar-refractivity contribution is 9.10. The Hall–Kier alpha value is -3.10. The van der Waals surface area contributed by atoms with Gasteiger partial charge in [0.05, 0.1) is 36.9 Å². The Morgan fingerprint density at radius 1 is 1.06 bits per heavy atom. The number of nitrogens with zero attached hydrogens (tertiary/aromatic N) is 1. The van der Waals surface area contributed by atoms with Gasteiger partial charge in [-0.15, -0.1) is 11.3 Å². The molecular formula is C24H20BrNO5S. The van der Waals surface area contributed by atoms with Gasteiger partial charge in [0.25, 0.3) is 11.7 Å². The van der Waals surface area contributed by atoms with Crippen LogP contribution in [-0.2, 0) is 16.1 Å². The summed E-state index contributed by atoms with van der Waals surface area (Å²) in [6.45, 7) is 0.244. The molecule has 1 aromatic heterocycles. The summed E-state index contributed by atoms with van der Waals surface area (Å²) in [7, 11) is 3.07. The minimum atomic E-state index is -0.797. The molecule has 6 nitrogen and oxygen atoms in total. The van der Waals surface area contributed by atoms with E-state index in [-0.39, 0.29) is 17.9 Å². The van der Waals surface area contributed by atoms with Crippen LogP contribution in [0.1, 0.15) is 22.0 Å². The predicted molar refractivity (Wildman–Crippen MR) is 126 cm³/mol. The van der Waals surface area contributed by atoms with Crippen molar-refractivity contribution in [3.8, 4) is 11.5 Å². The summed E-state index contributed by atoms with van der Waals surface area (Å²) in [4.78, 5) is 28.7. The number of ether oxygens (including phenoxy) is 2. The summed E-state index contributed by atoms with van der Waals surface area (Å²) in [6, 6.07) is 15.2. The molecule has 0 saturated carbocycles. The molecule has 32 heavy (non-hydrogen) atoms. The van der Waals surface area contributed by atoms with Gasteiger partial charge in [0, 0.05) is 16.0 Å². The van der Waals surface area contributed by atoms with Gasteiger partial charge in [-0.25, -0.2) is 0 Å². The van der Waals surface area contributed by atoms with Crippen LogP contribution < -0.4 is 9.47 Å². The average Bonchev–Trinajstić information content (AvgIpc) is 3.41. The fourth-order valence-corrected chi connectivity index (χ4v) is 5.04. The number of Topliss-reactive ketones (excluding diaryl/α,β-unsaturated/α-hetero) is 1. The fraction of sp³-hybridized carbons (Fsp3) is 0.167. The smallest absolute Gasteiger partial charge is 0.295 e. The van der Waals surface area contributed by atoms with Gasteiger partial charge in [-0.3, -0.25) is 9.59 Å². The molecule has 1 unspecified atom stereocenters. The van der Waals surface area contributed by atoms with E-state index in [9.17, 15) is 14.7 Å². The third-order valence-corrected chi connectivity index (χ3v) is 6.79. The highest BCUT2D eigenvalue weighted by Gasteiger charge is 2.47. The lowest BCUT2D eigenvalue weighted by molar-refractivity contribution is -0.140. The van der Waals surface area contributed by atoms with Crippen molar-refractivity contribution in [2.45, 2.75) is 12.6 Å². The molecule has 2 aromatic carbocycles. The molecule has 3 aromatic rings. The van der Waals surface area contributed by atoms with Crippen LogP contribution in [0.25, 0.3) is 5.76 Å². The van der Waals surface area contributed by atoms with Crippen LogP contribution in [0.15, 0.2) is 70.0 Å². The van der Waals surface area contributed by atoms with Crippen LogP contribution in [0, 0.1) is 0 Å². The topological polar surface area (TPSA) is 76.1 Å². The number of aliphatic hydroxyl groups is 1. The molecule has 1 N–H and O–H groups in total. The Morgan fingerprint density at radius 3 is 2.47 bits per heavy atom. The first-order valence-electron chi connectivity index (χ1n) is 9.74. The molecule has 1 fully saturated rings. The van der Waals surface area contributed by atoms with E-state index >= 15 is 0 Å². The van der Waals surface area contributed by atoms with E-state index in [0.717, 1.165) is 4.88 Å². The minimum absolute atomic E-state index is 0.0214. The monoisotopic (exact) mass is 513 g/mol. The molecule has 1 amide bonds. The number of carbonyl (C=O) groups is 2. The standard InChI is InChI=1S/C24H20BrNO5S/c1-30-18-8-4-3-7-16(18)21-20(22(27)14-9-10-19(31-2)17(25)12-14)23(28)24(29)26(21)13-15-6-5-11-32-15/h3-12,21,27H,13H2,1-2H3/b22-20+. The van der Waals surface area contributed by atoms with Crippen LogP contribution in [0.5, 0.6) is 11.5 Å². The maximum Gasteiger partial charge on any atom is 0.295 e. The molecule has 0 radical (unpaired) electrons. The SMILES string of the molecule is COc1ccc(/C(O)=C2\C(=O)C(=O)N(Cc3cccs3)C2c2ccccc2OC)cc1Br. The van der Waals surface area contributed by atoms with Gasteiger partial charge in [0.1, 0.15) is 17.3 Å². The van der Waals surface area contributed by atoms with Gasteiger partial charge in [-0.2, -0.15) is 0 Å². The van der Waals surface area contributed by atoms with Crippen LogP contribution in [-0.4, -0.2) is 35.9 Å². The highest BCUT2D eigenvalue weighted by Crippen LogP contribution is 2.44. The van der Waals surface area contributed by atoms with Crippen molar-refractivity contribution in [3.05, 3.63) is 86.0 Å². The molecule has 1 aliphatic heterocycles. The summed E-state index contributed by atoms with van der Waals surface area (Å²) in [6.07, 6.45) is 0. The van der Waals surface area contributed by atoms with E-state index in [4.69, 9.17) is 9.47 Å². The van der Waals surface area contributed by atoms with Crippen LogP contribution in [0.3, 0.4) is 0 Å². The first-order chi connectivity index (χ1) is 15.5. The van der Waals surface area contributed by atoms with Crippen molar-refractivity contribution >= 4 is 44.7 Å². The molecule has 8 heteroatoms. The molecule has 1 aliphatic rings. The Kier molecular flexibility index (Phi) is 6.34. The Balaban J connectivity index is 1.90. The van der Waals surface area contributed by atoms with Crippen molar-refractivity contribution < 1.29 is 24.2 Å². The van der Waals surface area contributed by atoms with Crippen molar-refractivity contribution in [2.75, 3.05) is 14.2 Å². The van der Waals surface area contributed by atoms with E-state index in [1.165, 1.54) is 30.5 Å². The number of amides is 1. The number of carbonyl (C=O) groups excluding carboxylic acids is 2. The number of hydrogen-bond acceptors (Lipinski definition) is 6. The number of ketones is 1. The van der Waals surface area contributed by atoms with E-state index in [2.05, 4.69) is 15.9 Å². The van der Waals surface area contributed by atoms with Gasteiger partial charge in [0.15, 0.2) is 0 Å². The van der Waals surface area contributed by atoms with Crippen molar-refractivity contribution in [2.24, 2.45) is 0 Å². The van der Waals surface area contributed by atoms with Gasteiger partial charge in [-0.1, -0.05) is 24.3 Å². The van der Waals surface area contributed by atoms with Crippen molar-refractivity contribution in [3.63, 3.8) is 0 Å². The maximum absolute atomic E-state index is 13.2. The Morgan fingerprint density at radius 2 is 1.81 bits per heavy atom. The molecule has 1 atom stereocenters. The zero-order valence-electron chi connectivity index (χ0n) is 17.4. The zero-order valence-corrected chi connectivity index (χ0v) is 19.8. The van der Waals surface area contributed by atoms with Crippen LogP contribution in [0.2, 0.25) is 0 Å².